The van der Waals surface area contributed by atoms with Gasteiger partial charge in [0.2, 0.25) is 5.91 Å². The van der Waals surface area contributed by atoms with E-state index in [-0.39, 0.29) is 11.9 Å². The van der Waals surface area contributed by atoms with Crippen molar-refractivity contribution in [2.45, 2.75) is 38.8 Å². The zero-order valence-electron chi connectivity index (χ0n) is 14.4. The van der Waals surface area contributed by atoms with Crippen LogP contribution in [0.2, 0.25) is 0 Å². The molecule has 1 atom stereocenters. The van der Waals surface area contributed by atoms with E-state index in [9.17, 15) is 4.79 Å². The number of carbonyl (C=O) groups is 1. The summed E-state index contributed by atoms with van der Waals surface area (Å²) in [5.74, 6) is 0.223. The first kappa shape index (κ1) is 16.4. The highest BCUT2D eigenvalue weighted by atomic mass is 32.1. The molecule has 5 heteroatoms. The average Bonchev–Trinajstić information content (AvgIpc) is 3.26. The van der Waals surface area contributed by atoms with E-state index >= 15 is 0 Å². The molecule has 1 unspecified atom stereocenters. The summed E-state index contributed by atoms with van der Waals surface area (Å²) in [6.07, 6.45) is 4.50. The average molecular weight is 353 g/mol. The molecule has 4 nitrogen and oxygen atoms in total. The summed E-state index contributed by atoms with van der Waals surface area (Å²) in [7, 11) is 0. The molecule has 1 fully saturated rings. The molecule has 1 aromatic heterocycles. The number of rotatable bonds is 3. The summed E-state index contributed by atoms with van der Waals surface area (Å²) < 4.78 is 0. The molecule has 1 amide bonds. The number of thiophene rings is 1. The lowest BCUT2D eigenvalue weighted by molar-refractivity contribution is -0.117. The van der Waals surface area contributed by atoms with Gasteiger partial charge in [-0.15, -0.1) is 0 Å². The Kier molecular flexibility index (Phi) is 4.36. The summed E-state index contributed by atoms with van der Waals surface area (Å²) in [6, 6.07) is 8.41. The summed E-state index contributed by atoms with van der Waals surface area (Å²) in [6.45, 7) is 3.63. The maximum Gasteiger partial charge on any atom is 0.227 e. The van der Waals surface area contributed by atoms with E-state index in [0.717, 1.165) is 43.0 Å². The fourth-order valence-corrected chi connectivity index (χ4v) is 4.61. The first-order valence-electron chi connectivity index (χ1n) is 8.81. The van der Waals surface area contributed by atoms with Crippen LogP contribution >= 0.6 is 11.3 Å². The zero-order chi connectivity index (χ0) is 17.4. The molecule has 25 heavy (non-hydrogen) atoms. The first-order chi connectivity index (χ1) is 12.2. The van der Waals surface area contributed by atoms with Gasteiger partial charge in [0, 0.05) is 31.2 Å². The topological polar surface area (TPSA) is 49.6 Å². The minimum Gasteiger partial charge on any atom is -0.337 e. The summed E-state index contributed by atoms with van der Waals surface area (Å²) in [4.78, 5) is 16.6. The Hall–Kier alpha value is -2.11. The number of nitrogens with zero attached hydrogens (tertiary/aromatic N) is 2. The molecule has 2 aromatic rings. The molecule has 3 heterocycles. The number of para-hydroxylation sites is 1. The molecule has 2 N–H and O–H groups in total. The molecule has 2 aliphatic heterocycles. The van der Waals surface area contributed by atoms with Gasteiger partial charge in [0.25, 0.3) is 0 Å². The number of hydrogen-bond acceptors (Lipinski definition) is 4. The number of nitrogens with two attached hydrogens (primary N) is 1. The van der Waals surface area contributed by atoms with E-state index in [1.807, 2.05) is 11.8 Å². The molecule has 0 bridgehead atoms. The second-order valence-electron chi connectivity index (χ2n) is 6.68. The number of anilines is 2. The van der Waals surface area contributed by atoms with Crippen LogP contribution in [-0.2, 0) is 17.8 Å². The van der Waals surface area contributed by atoms with Crippen molar-refractivity contribution in [2.75, 3.05) is 16.3 Å². The van der Waals surface area contributed by atoms with Crippen LogP contribution in [0.1, 0.15) is 30.9 Å². The molecule has 0 radical (unpaired) electrons. The quantitative estimate of drug-likeness (QED) is 0.916. The van der Waals surface area contributed by atoms with Crippen molar-refractivity contribution in [1.82, 2.24) is 0 Å². The fourth-order valence-electron chi connectivity index (χ4n) is 3.95. The Balaban J connectivity index is 1.84. The standard InChI is InChI=1S/C20H23N3OS/c1-2-17-16(21)11-15-5-3-6-18(22-9-4-7-19(22)24)20(15)23(17)12-14-8-10-25-13-14/h2-3,5-6,8,10,13,16H,4,7,9,11-12,21H2,1H3/b17-2-. The largest absolute Gasteiger partial charge is 0.337 e. The van der Waals surface area contributed by atoms with Crippen molar-refractivity contribution in [3.63, 3.8) is 0 Å². The molecule has 1 aromatic carbocycles. The Labute approximate surface area is 152 Å². The van der Waals surface area contributed by atoms with Crippen molar-refractivity contribution in [3.8, 4) is 0 Å². The fraction of sp³-hybridized carbons (Fsp3) is 0.350. The Bertz CT molecular complexity index is 812. The van der Waals surface area contributed by atoms with Crippen molar-refractivity contribution in [3.05, 3.63) is 57.9 Å². The van der Waals surface area contributed by atoms with E-state index in [2.05, 4.69) is 46.0 Å². The van der Waals surface area contributed by atoms with Gasteiger partial charge in [-0.2, -0.15) is 11.3 Å². The molecule has 0 spiro atoms. The highest BCUT2D eigenvalue weighted by molar-refractivity contribution is 7.07. The number of carbonyl (C=O) groups excluding carboxylic acids is 1. The maximum absolute atomic E-state index is 12.4. The van der Waals surface area contributed by atoms with Gasteiger partial charge in [0.15, 0.2) is 0 Å². The Morgan fingerprint density at radius 2 is 2.24 bits per heavy atom. The van der Waals surface area contributed by atoms with Crippen LogP contribution in [0, 0.1) is 0 Å². The second-order valence-corrected chi connectivity index (χ2v) is 7.46. The van der Waals surface area contributed by atoms with Gasteiger partial charge in [-0.1, -0.05) is 18.2 Å². The van der Waals surface area contributed by atoms with Crippen LogP contribution in [0.25, 0.3) is 0 Å². The van der Waals surface area contributed by atoms with Gasteiger partial charge >= 0.3 is 0 Å². The van der Waals surface area contributed by atoms with Crippen LogP contribution in [0.5, 0.6) is 0 Å². The van der Waals surface area contributed by atoms with E-state index in [1.165, 1.54) is 11.1 Å². The van der Waals surface area contributed by atoms with Crippen LogP contribution in [0.3, 0.4) is 0 Å². The molecule has 2 aliphatic rings. The van der Waals surface area contributed by atoms with Crippen LogP contribution in [-0.4, -0.2) is 18.5 Å². The summed E-state index contributed by atoms with van der Waals surface area (Å²) in [5, 5.41) is 4.28. The minimum atomic E-state index is -0.0133. The molecule has 4 rings (SSSR count). The highest BCUT2D eigenvalue weighted by Gasteiger charge is 2.32. The second kappa shape index (κ2) is 6.65. The molecule has 0 aliphatic carbocycles. The predicted molar refractivity (Wildman–Crippen MR) is 104 cm³/mol. The lowest BCUT2D eigenvalue weighted by Gasteiger charge is -2.39. The zero-order valence-corrected chi connectivity index (χ0v) is 15.3. The maximum atomic E-state index is 12.4. The summed E-state index contributed by atoms with van der Waals surface area (Å²) in [5.41, 5.74) is 12.3. The smallest absolute Gasteiger partial charge is 0.227 e. The van der Waals surface area contributed by atoms with Crippen LogP contribution in [0.15, 0.2) is 46.8 Å². The van der Waals surface area contributed by atoms with E-state index in [0.29, 0.717) is 6.42 Å². The van der Waals surface area contributed by atoms with Gasteiger partial charge in [-0.3, -0.25) is 4.79 Å². The van der Waals surface area contributed by atoms with Gasteiger partial charge < -0.3 is 15.5 Å². The van der Waals surface area contributed by atoms with Crippen molar-refractivity contribution < 1.29 is 4.79 Å². The number of benzene rings is 1. The van der Waals surface area contributed by atoms with Crippen LogP contribution in [0.4, 0.5) is 11.4 Å². The number of hydrogen-bond donors (Lipinski definition) is 1. The lowest BCUT2D eigenvalue weighted by atomic mass is 9.93. The first-order valence-corrected chi connectivity index (χ1v) is 9.76. The van der Waals surface area contributed by atoms with E-state index in [1.54, 1.807) is 11.3 Å². The van der Waals surface area contributed by atoms with Gasteiger partial charge in [0.1, 0.15) is 0 Å². The predicted octanol–water partition coefficient (Wildman–Crippen LogP) is 3.67. The van der Waals surface area contributed by atoms with Gasteiger partial charge in [0.05, 0.1) is 11.4 Å². The Morgan fingerprint density at radius 1 is 1.36 bits per heavy atom. The number of amides is 1. The minimum absolute atomic E-state index is 0.0133. The SMILES string of the molecule is C/C=C1/C(N)Cc2cccc(N3CCCC3=O)c2N1Cc1ccsc1. The van der Waals surface area contributed by atoms with E-state index in [4.69, 9.17) is 5.73 Å². The van der Waals surface area contributed by atoms with Crippen molar-refractivity contribution in [1.29, 1.82) is 0 Å². The van der Waals surface area contributed by atoms with Gasteiger partial charge in [-0.25, -0.2) is 0 Å². The monoisotopic (exact) mass is 353 g/mol. The molecular formula is C20H23N3OS. The number of fused-ring (bicyclic) bond motifs is 1. The molecular weight excluding hydrogens is 330 g/mol. The third kappa shape index (κ3) is 2.87. The summed E-state index contributed by atoms with van der Waals surface area (Å²) >= 11 is 1.71. The molecule has 130 valence electrons. The third-order valence-corrected chi connectivity index (χ3v) is 5.81. The highest BCUT2D eigenvalue weighted by Crippen LogP contribution is 2.42. The van der Waals surface area contributed by atoms with Crippen molar-refractivity contribution in [2.24, 2.45) is 5.73 Å². The van der Waals surface area contributed by atoms with Crippen molar-refractivity contribution >= 4 is 28.6 Å². The number of allylic oxidation sites excluding steroid dienone is 1. The van der Waals surface area contributed by atoms with Gasteiger partial charge in [-0.05, 0) is 53.8 Å². The molecule has 0 saturated carbocycles. The third-order valence-electron chi connectivity index (χ3n) is 5.08. The lowest BCUT2D eigenvalue weighted by Crippen LogP contribution is -2.42. The Morgan fingerprint density at radius 3 is 2.92 bits per heavy atom. The normalized spacial score (nSPS) is 21.9. The van der Waals surface area contributed by atoms with Crippen LogP contribution < -0.4 is 15.5 Å². The molecule has 1 saturated heterocycles. The van der Waals surface area contributed by atoms with E-state index < -0.39 is 0 Å².